The van der Waals surface area contributed by atoms with Crippen LogP contribution in [-0.2, 0) is 14.3 Å². The number of ether oxygens (including phenoxy) is 1. The van der Waals surface area contributed by atoms with Gasteiger partial charge in [-0.2, -0.15) is 0 Å². The van der Waals surface area contributed by atoms with Crippen LogP contribution < -0.4 is 5.32 Å². The van der Waals surface area contributed by atoms with Gasteiger partial charge in [-0.3, -0.25) is 9.59 Å². The van der Waals surface area contributed by atoms with E-state index in [9.17, 15) is 9.59 Å². The monoisotopic (exact) mass is 363 g/mol. The molecule has 5 heteroatoms. The summed E-state index contributed by atoms with van der Waals surface area (Å²) in [6, 6.07) is 3.85. The third-order valence-electron chi connectivity index (χ3n) is 5.76. The Hall–Kier alpha value is -1.36. The fourth-order valence-electron chi connectivity index (χ4n) is 4.50. The lowest BCUT2D eigenvalue weighted by molar-refractivity contribution is -0.145. The van der Waals surface area contributed by atoms with Crippen molar-refractivity contribution in [1.82, 2.24) is 0 Å². The first-order valence-electron chi connectivity index (χ1n) is 7.74. The lowest BCUT2D eigenvalue weighted by Crippen LogP contribution is -2.36. The van der Waals surface area contributed by atoms with E-state index in [1.54, 1.807) is 0 Å². The molecule has 1 amide bonds. The summed E-state index contributed by atoms with van der Waals surface area (Å²) >= 11 is 3.50. The maximum atomic E-state index is 12.8. The molecule has 2 bridgehead atoms. The molecule has 0 aromatic heterocycles. The van der Waals surface area contributed by atoms with Crippen molar-refractivity contribution in [3.8, 4) is 0 Å². The number of halogens is 1. The number of amides is 1. The van der Waals surface area contributed by atoms with Crippen LogP contribution in [0.15, 0.2) is 16.6 Å². The summed E-state index contributed by atoms with van der Waals surface area (Å²) in [5, 5.41) is 3.04. The van der Waals surface area contributed by atoms with Gasteiger partial charge >= 0.3 is 5.97 Å². The van der Waals surface area contributed by atoms with Crippen LogP contribution >= 0.6 is 15.9 Å². The van der Waals surface area contributed by atoms with Gasteiger partial charge in [0.25, 0.3) is 0 Å². The number of anilines is 1. The van der Waals surface area contributed by atoms with Crippen LogP contribution in [0.25, 0.3) is 0 Å². The summed E-state index contributed by atoms with van der Waals surface area (Å²) in [5.74, 6) is -0.0806. The summed E-state index contributed by atoms with van der Waals surface area (Å²) in [4.78, 5) is 24.8. The summed E-state index contributed by atoms with van der Waals surface area (Å²) < 4.78 is 6.44. The maximum Gasteiger partial charge on any atom is 0.310 e. The molecular formula is C17H18BrNO3. The molecule has 3 fully saturated rings. The van der Waals surface area contributed by atoms with Crippen LogP contribution in [0.3, 0.4) is 0 Å². The second-order valence-electron chi connectivity index (χ2n) is 6.76. The predicted molar refractivity (Wildman–Crippen MR) is 85.3 cm³/mol. The average molecular weight is 364 g/mol. The number of benzene rings is 1. The number of carbonyl (C=O) groups is 2. The van der Waals surface area contributed by atoms with Crippen molar-refractivity contribution in [1.29, 1.82) is 0 Å². The van der Waals surface area contributed by atoms with E-state index in [0.29, 0.717) is 5.92 Å². The van der Waals surface area contributed by atoms with Crippen molar-refractivity contribution in [3.05, 3.63) is 27.7 Å². The molecule has 22 heavy (non-hydrogen) atoms. The average Bonchev–Trinajstić information content (AvgIpc) is 3.09. The normalized spacial score (nSPS) is 34.9. The number of rotatable bonds is 2. The van der Waals surface area contributed by atoms with E-state index in [2.05, 4.69) is 21.2 Å². The summed E-state index contributed by atoms with van der Waals surface area (Å²) in [6.45, 7) is 4.02. The van der Waals surface area contributed by atoms with Crippen molar-refractivity contribution in [2.45, 2.75) is 32.8 Å². The quantitative estimate of drug-likeness (QED) is 0.820. The minimum atomic E-state index is -0.223. The van der Waals surface area contributed by atoms with Gasteiger partial charge in [0, 0.05) is 16.1 Å². The zero-order valence-corrected chi connectivity index (χ0v) is 14.1. The molecule has 4 rings (SSSR count). The molecule has 0 radical (unpaired) electrons. The van der Waals surface area contributed by atoms with Gasteiger partial charge in [0.05, 0.1) is 11.8 Å². The van der Waals surface area contributed by atoms with Gasteiger partial charge in [0.15, 0.2) is 0 Å². The molecule has 0 spiro atoms. The Morgan fingerprint density at radius 2 is 2.05 bits per heavy atom. The first-order chi connectivity index (χ1) is 10.5. The van der Waals surface area contributed by atoms with E-state index in [0.717, 1.165) is 34.1 Å². The fraction of sp³-hybridized carbons (Fsp3) is 0.529. The van der Waals surface area contributed by atoms with Crippen LogP contribution in [0.1, 0.15) is 24.0 Å². The predicted octanol–water partition coefficient (Wildman–Crippen LogP) is 3.20. The third-order valence-corrected chi connectivity index (χ3v) is 6.62. The van der Waals surface area contributed by atoms with Crippen molar-refractivity contribution in [3.63, 3.8) is 0 Å². The number of nitrogens with one attached hydrogen (secondary N) is 1. The highest BCUT2D eigenvalue weighted by Crippen LogP contribution is 2.57. The summed E-state index contributed by atoms with van der Waals surface area (Å²) in [7, 11) is 0. The van der Waals surface area contributed by atoms with E-state index >= 15 is 0 Å². The van der Waals surface area contributed by atoms with Crippen LogP contribution in [-0.4, -0.2) is 18.0 Å². The van der Waals surface area contributed by atoms with Crippen LogP contribution in [0, 0.1) is 37.5 Å². The molecule has 2 saturated carbocycles. The maximum absolute atomic E-state index is 12.8. The van der Waals surface area contributed by atoms with Crippen LogP contribution in [0.2, 0.25) is 0 Å². The van der Waals surface area contributed by atoms with Crippen molar-refractivity contribution in [2.24, 2.45) is 23.7 Å². The van der Waals surface area contributed by atoms with Gasteiger partial charge in [0.2, 0.25) is 5.91 Å². The summed E-state index contributed by atoms with van der Waals surface area (Å²) in [6.07, 6.45) is 1.88. The second-order valence-corrected chi connectivity index (χ2v) is 7.61. The Labute approximate surface area is 137 Å². The van der Waals surface area contributed by atoms with Gasteiger partial charge < -0.3 is 10.1 Å². The molecule has 3 aliphatic rings. The van der Waals surface area contributed by atoms with Gasteiger partial charge in [-0.25, -0.2) is 0 Å². The SMILES string of the molecule is Cc1c(Br)ccc(NC(=O)[C@@H]2[C@@H]3C[C@@H]4[C@@H]2C(=O)O[C@@H]4C3)c1C. The molecule has 1 heterocycles. The van der Waals surface area contributed by atoms with Gasteiger partial charge in [0.1, 0.15) is 6.10 Å². The smallest absolute Gasteiger partial charge is 0.310 e. The minimum absolute atomic E-state index is 0.0281. The van der Waals surface area contributed by atoms with E-state index in [4.69, 9.17) is 4.74 Å². The minimum Gasteiger partial charge on any atom is -0.462 e. The Morgan fingerprint density at radius 1 is 1.27 bits per heavy atom. The zero-order valence-electron chi connectivity index (χ0n) is 12.6. The number of carbonyl (C=O) groups excluding carboxylic acids is 2. The fourth-order valence-corrected chi connectivity index (χ4v) is 4.93. The Kier molecular flexibility index (Phi) is 3.12. The molecule has 1 aliphatic heterocycles. The molecule has 116 valence electrons. The third kappa shape index (κ3) is 1.87. The van der Waals surface area contributed by atoms with E-state index in [1.807, 2.05) is 26.0 Å². The van der Waals surface area contributed by atoms with Crippen molar-refractivity contribution in [2.75, 3.05) is 5.32 Å². The molecule has 0 unspecified atom stereocenters. The highest BCUT2D eigenvalue weighted by molar-refractivity contribution is 9.10. The van der Waals surface area contributed by atoms with E-state index < -0.39 is 0 Å². The Balaban J connectivity index is 1.59. The van der Waals surface area contributed by atoms with Crippen molar-refractivity contribution < 1.29 is 14.3 Å². The largest absolute Gasteiger partial charge is 0.462 e. The highest BCUT2D eigenvalue weighted by atomic mass is 79.9. The molecule has 1 N–H and O–H groups in total. The number of fused-ring (bicyclic) bond motifs is 1. The van der Waals surface area contributed by atoms with Crippen LogP contribution in [0.4, 0.5) is 5.69 Å². The molecule has 4 nitrogen and oxygen atoms in total. The highest BCUT2D eigenvalue weighted by Gasteiger charge is 2.63. The molecule has 1 aromatic rings. The van der Waals surface area contributed by atoms with Gasteiger partial charge in [-0.15, -0.1) is 0 Å². The molecule has 2 aliphatic carbocycles. The standard InChI is InChI=1S/C17H18BrNO3/c1-7-8(2)12(4-3-11(7)18)19-16(20)14-9-5-10-13(6-9)22-17(21)15(10)14/h3-4,9-10,13-15H,5-6H2,1-2H3,(H,19,20)/t9-,10+,13-,14-,15+/m1/s1. The van der Waals surface area contributed by atoms with Crippen LogP contribution in [0.5, 0.6) is 0 Å². The van der Waals surface area contributed by atoms with E-state index in [1.165, 1.54) is 0 Å². The lowest BCUT2D eigenvalue weighted by Gasteiger charge is -2.24. The Bertz CT molecular complexity index is 685. The zero-order chi connectivity index (χ0) is 15.6. The number of hydrogen-bond acceptors (Lipinski definition) is 3. The Morgan fingerprint density at radius 3 is 2.82 bits per heavy atom. The molecular weight excluding hydrogens is 346 g/mol. The van der Waals surface area contributed by atoms with Crippen molar-refractivity contribution >= 4 is 33.5 Å². The van der Waals surface area contributed by atoms with Gasteiger partial charge in [-0.05, 0) is 55.9 Å². The van der Waals surface area contributed by atoms with Gasteiger partial charge in [-0.1, -0.05) is 15.9 Å². The first-order valence-corrected chi connectivity index (χ1v) is 8.53. The lowest BCUT2D eigenvalue weighted by atomic mass is 9.79. The topological polar surface area (TPSA) is 55.4 Å². The molecule has 1 saturated heterocycles. The number of hydrogen-bond donors (Lipinski definition) is 1. The first kappa shape index (κ1) is 14.2. The molecule has 5 atom stereocenters. The van der Waals surface area contributed by atoms with E-state index in [-0.39, 0.29) is 35.7 Å². The summed E-state index contributed by atoms with van der Waals surface area (Å²) in [5.41, 5.74) is 3.00. The molecule has 1 aromatic carbocycles. The second kappa shape index (κ2) is 4.82. The number of esters is 1.